The fraction of sp³-hybridized carbons (Fsp3) is 1.00. The molecule has 2 N–H and O–H groups in total. The molecule has 0 spiro atoms. The molecule has 62 valence electrons. The van der Waals surface area contributed by atoms with Gasteiger partial charge in [0.25, 0.3) is 10.2 Å². The Labute approximate surface area is 62.2 Å². The van der Waals surface area contributed by atoms with Gasteiger partial charge >= 0.3 is 0 Å². The van der Waals surface area contributed by atoms with Crippen molar-refractivity contribution in [3.63, 3.8) is 0 Å². The average Bonchev–Trinajstić information content (AvgIpc) is 1.78. The Morgan fingerprint density at radius 3 is 2.00 bits per heavy atom. The van der Waals surface area contributed by atoms with E-state index in [1.165, 1.54) is 0 Å². The van der Waals surface area contributed by atoms with Crippen molar-refractivity contribution in [3.05, 3.63) is 0 Å². The van der Waals surface area contributed by atoms with Gasteiger partial charge in [-0.1, -0.05) is 7.43 Å². The molecule has 0 bridgehead atoms. The van der Waals surface area contributed by atoms with Gasteiger partial charge in [0.1, 0.15) is 0 Å². The van der Waals surface area contributed by atoms with Gasteiger partial charge in [-0.3, -0.25) is 0 Å². The Balaban J connectivity index is 0.000000810. The molecule has 0 radical (unpaired) electrons. The first kappa shape index (κ1) is 9.87. The van der Waals surface area contributed by atoms with Crippen molar-refractivity contribution in [1.29, 1.82) is 0 Å². The summed E-state index contributed by atoms with van der Waals surface area (Å²) in [5.74, 6) is 0. The van der Waals surface area contributed by atoms with Crippen molar-refractivity contribution < 1.29 is 8.42 Å². The van der Waals surface area contributed by atoms with E-state index in [1.807, 2.05) is 13.8 Å². The van der Waals surface area contributed by atoms with Crippen LogP contribution in [-0.2, 0) is 10.2 Å². The number of nitrogens with one attached hydrogen (secondary N) is 2. The molecule has 0 aliphatic carbocycles. The highest BCUT2D eigenvalue weighted by atomic mass is 32.2. The lowest BCUT2D eigenvalue weighted by molar-refractivity contribution is 0.502. The molecule has 1 rings (SSSR count). The monoisotopic (exact) mass is 166 g/mol. The smallest absolute Gasteiger partial charge is 0.200 e. The van der Waals surface area contributed by atoms with Gasteiger partial charge in [-0.25, -0.2) is 4.72 Å². The molecular weight excluding hydrogens is 152 g/mol. The normalized spacial score (nSPS) is 27.4. The molecule has 0 aromatic heterocycles. The maximum absolute atomic E-state index is 10.6. The predicted molar refractivity (Wildman–Crippen MR) is 40.9 cm³/mol. The van der Waals surface area contributed by atoms with Crippen molar-refractivity contribution >= 4 is 10.2 Å². The van der Waals surface area contributed by atoms with E-state index in [4.69, 9.17) is 0 Å². The van der Waals surface area contributed by atoms with Gasteiger partial charge in [-0.15, -0.1) is 0 Å². The summed E-state index contributed by atoms with van der Waals surface area (Å²) in [6.07, 6.45) is 0. The maximum Gasteiger partial charge on any atom is 0.277 e. The van der Waals surface area contributed by atoms with Gasteiger partial charge in [0.05, 0.1) is 0 Å². The van der Waals surface area contributed by atoms with Gasteiger partial charge in [0.15, 0.2) is 0 Å². The van der Waals surface area contributed by atoms with Crippen molar-refractivity contribution in [2.45, 2.75) is 26.8 Å². The van der Waals surface area contributed by atoms with Crippen LogP contribution in [0.4, 0.5) is 0 Å². The molecule has 0 amide bonds. The van der Waals surface area contributed by atoms with E-state index >= 15 is 0 Å². The molecule has 1 fully saturated rings. The van der Waals surface area contributed by atoms with E-state index in [9.17, 15) is 8.42 Å². The summed E-state index contributed by atoms with van der Waals surface area (Å²) in [5, 5.41) is 0. The van der Waals surface area contributed by atoms with Crippen LogP contribution in [0.25, 0.3) is 0 Å². The van der Waals surface area contributed by atoms with Crippen LogP contribution in [0, 0.1) is 0 Å². The van der Waals surface area contributed by atoms with Crippen molar-refractivity contribution in [1.82, 2.24) is 9.44 Å². The van der Waals surface area contributed by atoms with E-state index < -0.39 is 10.2 Å². The third-order valence-electron chi connectivity index (χ3n) is 1.11. The lowest BCUT2D eigenvalue weighted by Crippen LogP contribution is -2.36. The minimum absolute atomic E-state index is 0. The van der Waals surface area contributed by atoms with Crippen LogP contribution in [0.1, 0.15) is 21.3 Å². The van der Waals surface area contributed by atoms with Gasteiger partial charge in [-0.2, -0.15) is 13.1 Å². The van der Waals surface area contributed by atoms with Crippen molar-refractivity contribution in [3.8, 4) is 0 Å². The Morgan fingerprint density at radius 2 is 1.90 bits per heavy atom. The standard InChI is InChI=1S/C4H10N2O2S.CH4/c1-4(2)3-5-9(7,8)6-4;/h5-6H,3H2,1-2H3;1H4. The summed E-state index contributed by atoms with van der Waals surface area (Å²) < 4.78 is 26.0. The summed E-state index contributed by atoms with van der Waals surface area (Å²) in [5.41, 5.74) is -0.321. The highest BCUT2D eigenvalue weighted by molar-refractivity contribution is 7.87. The van der Waals surface area contributed by atoms with E-state index in [-0.39, 0.29) is 13.0 Å². The third-order valence-corrected chi connectivity index (χ3v) is 2.46. The summed E-state index contributed by atoms with van der Waals surface area (Å²) in [7, 11) is -3.15. The number of hydrogen-bond acceptors (Lipinski definition) is 2. The highest BCUT2D eigenvalue weighted by Crippen LogP contribution is 2.07. The zero-order chi connectivity index (χ0) is 7.12. The van der Waals surface area contributed by atoms with Crippen LogP contribution in [0.3, 0.4) is 0 Å². The van der Waals surface area contributed by atoms with Crippen LogP contribution in [-0.4, -0.2) is 20.5 Å². The average molecular weight is 166 g/mol. The predicted octanol–water partition coefficient (Wildman–Crippen LogP) is -0.161. The van der Waals surface area contributed by atoms with Crippen molar-refractivity contribution in [2.75, 3.05) is 6.54 Å². The second-order valence-electron chi connectivity index (χ2n) is 2.81. The number of rotatable bonds is 0. The minimum atomic E-state index is -3.15. The first-order valence-corrected chi connectivity index (χ1v) is 4.18. The fourth-order valence-corrected chi connectivity index (χ4v) is 2.13. The van der Waals surface area contributed by atoms with Crippen LogP contribution in [0.5, 0.6) is 0 Å². The zero-order valence-electron chi connectivity index (χ0n) is 5.43. The second kappa shape index (κ2) is 2.48. The van der Waals surface area contributed by atoms with Crippen molar-refractivity contribution in [2.24, 2.45) is 0 Å². The van der Waals surface area contributed by atoms with E-state index in [2.05, 4.69) is 9.44 Å². The molecule has 0 unspecified atom stereocenters. The van der Waals surface area contributed by atoms with Gasteiger partial charge in [0.2, 0.25) is 0 Å². The third kappa shape index (κ3) is 2.24. The molecule has 0 atom stereocenters. The molecule has 5 heteroatoms. The second-order valence-corrected chi connectivity index (χ2v) is 4.31. The highest BCUT2D eigenvalue weighted by Gasteiger charge is 2.32. The SMILES string of the molecule is C.CC1(C)CNS(=O)(=O)N1. The van der Waals surface area contributed by atoms with E-state index in [0.717, 1.165) is 0 Å². The Hall–Kier alpha value is -0.130. The topological polar surface area (TPSA) is 58.2 Å². The van der Waals surface area contributed by atoms with Crippen LogP contribution in [0.15, 0.2) is 0 Å². The first-order chi connectivity index (χ1) is 3.91. The Kier molecular flexibility index (Phi) is 2.45. The van der Waals surface area contributed by atoms with E-state index in [0.29, 0.717) is 6.54 Å². The largest absolute Gasteiger partial charge is 0.277 e. The Morgan fingerprint density at radius 1 is 1.40 bits per heavy atom. The van der Waals surface area contributed by atoms with Crippen LogP contribution < -0.4 is 9.44 Å². The summed E-state index contributed by atoms with van der Waals surface area (Å²) >= 11 is 0. The molecule has 10 heavy (non-hydrogen) atoms. The molecule has 1 saturated heterocycles. The van der Waals surface area contributed by atoms with Crippen LogP contribution >= 0.6 is 0 Å². The molecule has 0 aromatic carbocycles. The minimum Gasteiger partial charge on any atom is -0.200 e. The molecule has 1 aliphatic rings. The summed E-state index contributed by atoms with van der Waals surface area (Å²) in [6.45, 7) is 4.12. The number of hydrogen-bond donors (Lipinski definition) is 2. The van der Waals surface area contributed by atoms with Gasteiger partial charge < -0.3 is 0 Å². The first-order valence-electron chi connectivity index (χ1n) is 2.70. The fourth-order valence-electron chi connectivity index (χ4n) is 0.711. The maximum atomic E-state index is 10.6. The van der Waals surface area contributed by atoms with Gasteiger partial charge in [-0.05, 0) is 13.8 Å². The lowest BCUT2D eigenvalue weighted by atomic mass is 10.1. The Bertz CT molecular complexity index is 208. The van der Waals surface area contributed by atoms with Crippen LogP contribution in [0.2, 0.25) is 0 Å². The molecule has 1 aliphatic heterocycles. The quantitative estimate of drug-likeness (QED) is 0.525. The molecule has 4 nitrogen and oxygen atoms in total. The summed E-state index contributed by atoms with van der Waals surface area (Å²) in [4.78, 5) is 0. The molecular formula is C5H14N2O2S. The lowest BCUT2D eigenvalue weighted by Gasteiger charge is -2.12. The zero-order valence-corrected chi connectivity index (χ0v) is 6.25. The van der Waals surface area contributed by atoms with Gasteiger partial charge in [0, 0.05) is 12.1 Å². The molecule has 0 saturated carbocycles. The summed E-state index contributed by atoms with van der Waals surface area (Å²) in [6, 6.07) is 0. The van der Waals surface area contributed by atoms with E-state index in [1.54, 1.807) is 0 Å². The molecule has 0 aromatic rings. The molecule has 1 heterocycles.